The zero-order valence-electron chi connectivity index (χ0n) is 13.7. The Morgan fingerprint density at radius 1 is 1.48 bits per heavy atom. The highest BCUT2D eigenvalue weighted by atomic mass is 79.9. The lowest BCUT2D eigenvalue weighted by Crippen LogP contribution is -2.58. The maximum Gasteiger partial charge on any atom is 0.265 e. The van der Waals surface area contributed by atoms with Gasteiger partial charge < -0.3 is 15.0 Å². The molecular weight excluding hydrogens is 404 g/mol. The largest absolute Gasteiger partial charge is 0.375 e. The number of hydrogen-bond donors (Lipinski definition) is 1. The lowest BCUT2D eigenvalue weighted by molar-refractivity contribution is 0.0249. The molecule has 1 amide bonds. The Labute approximate surface area is 158 Å². The quantitative estimate of drug-likeness (QED) is 0.747. The van der Waals surface area contributed by atoms with Crippen LogP contribution in [0.15, 0.2) is 34.5 Å². The number of halogens is 1. The Morgan fingerprint density at radius 3 is 3.04 bits per heavy atom. The van der Waals surface area contributed by atoms with Crippen molar-refractivity contribution in [3.63, 3.8) is 0 Å². The van der Waals surface area contributed by atoms with Gasteiger partial charge in [0.15, 0.2) is 0 Å². The van der Waals surface area contributed by atoms with Gasteiger partial charge in [0.2, 0.25) is 0 Å². The average Bonchev–Trinajstić information content (AvgIpc) is 3.22. The van der Waals surface area contributed by atoms with Crippen LogP contribution in [0.25, 0.3) is 0 Å². The molecule has 25 heavy (non-hydrogen) atoms. The van der Waals surface area contributed by atoms with Crippen molar-refractivity contribution >= 4 is 33.2 Å². The van der Waals surface area contributed by atoms with Crippen LogP contribution in [0.2, 0.25) is 0 Å². The number of nitrogens with zero attached hydrogens (tertiary/aromatic N) is 3. The van der Waals surface area contributed by atoms with E-state index in [1.165, 1.54) is 11.3 Å². The molecule has 2 aliphatic heterocycles. The van der Waals surface area contributed by atoms with Gasteiger partial charge in [0.25, 0.3) is 5.91 Å². The summed E-state index contributed by atoms with van der Waals surface area (Å²) in [6.07, 6.45) is 1.65. The highest BCUT2D eigenvalue weighted by molar-refractivity contribution is 9.10. The van der Waals surface area contributed by atoms with E-state index in [4.69, 9.17) is 4.74 Å². The summed E-state index contributed by atoms with van der Waals surface area (Å²) in [5.41, 5.74) is 2.76. The van der Waals surface area contributed by atoms with Crippen molar-refractivity contribution in [1.29, 1.82) is 0 Å². The van der Waals surface area contributed by atoms with Gasteiger partial charge in [-0.15, -0.1) is 11.3 Å². The molecule has 0 saturated carbocycles. The molecule has 4 heterocycles. The Morgan fingerprint density at radius 2 is 2.36 bits per heavy atom. The summed E-state index contributed by atoms with van der Waals surface area (Å²) in [4.78, 5) is 23.7. The maximum absolute atomic E-state index is 12.6. The molecule has 2 aromatic heterocycles. The van der Waals surface area contributed by atoms with Gasteiger partial charge in [-0.1, -0.05) is 6.07 Å². The third-order valence-corrected chi connectivity index (χ3v) is 6.24. The molecule has 2 fully saturated rings. The average molecular weight is 423 g/mol. The zero-order chi connectivity index (χ0) is 17.3. The molecule has 1 N–H and O–H groups in total. The first-order valence-electron chi connectivity index (χ1n) is 8.24. The summed E-state index contributed by atoms with van der Waals surface area (Å²) in [6.45, 7) is 4.56. The first kappa shape index (κ1) is 17.1. The van der Waals surface area contributed by atoms with Crippen LogP contribution in [0.4, 0.5) is 0 Å². The second kappa shape index (κ2) is 7.11. The van der Waals surface area contributed by atoms with E-state index in [-0.39, 0.29) is 11.3 Å². The lowest BCUT2D eigenvalue weighted by atomic mass is 9.73. The molecule has 6 nitrogen and oxygen atoms in total. The SMILES string of the molecule is O=C(c1cncs1)N1C[C@@H](COCc2cccc(Br)n2)C2(CNC2)C1. The second-order valence-corrected chi connectivity index (χ2v) is 8.38. The van der Waals surface area contributed by atoms with E-state index in [0.717, 1.165) is 36.5 Å². The van der Waals surface area contributed by atoms with E-state index in [2.05, 4.69) is 31.2 Å². The second-order valence-electron chi connectivity index (χ2n) is 6.68. The van der Waals surface area contributed by atoms with Crippen LogP contribution in [-0.4, -0.2) is 53.6 Å². The van der Waals surface area contributed by atoms with Crippen LogP contribution in [0.3, 0.4) is 0 Å². The number of carbonyl (C=O) groups excluding carboxylic acids is 1. The van der Waals surface area contributed by atoms with Gasteiger partial charge in [-0.2, -0.15) is 0 Å². The molecule has 0 bridgehead atoms. The summed E-state index contributed by atoms with van der Waals surface area (Å²) in [7, 11) is 0. The van der Waals surface area contributed by atoms with Gasteiger partial charge in [0, 0.05) is 37.5 Å². The number of likely N-dealkylation sites (tertiary alicyclic amines) is 1. The number of thiazole rings is 1. The van der Waals surface area contributed by atoms with E-state index >= 15 is 0 Å². The minimum absolute atomic E-state index is 0.0879. The molecule has 4 rings (SSSR count). The number of carbonyl (C=O) groups is 1. The van der Waals surface area contributed by atoms with Gasteiger partial charge in [-0.3, -0.25) is 9.78 Å². The first-order chi connectivity index (χ1) is 12.2. The smallest absolute Gasteiger partial charge is 0.265 e. The first-order valence-corrected chi connectivity index (χ1v) is 9.91. The van der Waals surface area contributed by atoms with Crippen LogP contribution >= 0.6 is 27.3 Å². The molecular formula is C17H19BrN4O2S. The fourth-order valence-corrected chi connectivity index (χ4v) is 4.55. The van der Waals surface area contributed by atoms with Crippen LogP contribution in [0.1, 0.15) is 15.4 Å². The summed E-state index contributed by atoms with van der Waals surface area (Å²) >= 11 is 4.78. The Hall–Kier alpha value is -1.35. The summed E-state index contributed by atoms with van der Waals surface area (Å²) < 4.78 is 6.77. The molecule has 1 spiro atoms. The van der Waals surface area contributed by atoms with Crippen molar-refractivity contribution in [1.82, 2.24) is 20.2 Å². The van der Waals surface area contributed by atoms with Crippen molar-refractivity contribution in [3.05, 3.63) is 45.1 Å². The van der Waals surface area contributed by atoms with Gasteiger partial charge >= 0.3 is 0 Å². The Kier molecular flexibility index (Phi) is 4.86. The number of aromatic nitrogens is 2. The van der Waals surface area contributed by atoms with Crippen molar-refractivity contribution in [2.75, 3.05) is 32.8 Å². The molecule has 0 aliphatic carbocycles. The number of hydrogen-bond acceptors (Lipinski definition) is 6. The molecule has 0 aromatic carbocycles. The fourth-order valence-electron chi connectivity index (χ4n) is 3.58. The third kappa shape index (κ3) is 3.48. The van der Waals surface area contributed by atoms with Crippen molar-refractivity contribution in [2.45, 2.75) is 6.61 Å². The van der Waals surface area contributed by atoms with Crippen LogP contribution < -0.4 is 5.32 Å². The number of rotatable bonds is 5. The molecule has 2 aromatic rings. The van der Waals surface area contributed by atoms with E-state index in [9.17, 15) is 4.79 Å². The molecule has 2 aliphatic rings. The number of amides is 1. The van der Waals surface area contributed by atoms with Gasteiger partial charge in [-0.05, 0) is 28.1 Å². The standard InChI is InChI=1S/C17H19BrN4O2S/c18-15-3-1-2-13(21-15)7-24-6-12-5-22(10-17(12)8-20-9-17)16(23)14-4-19-11-25-14/h1-4,11-12,20H,5-10H2/t12-/m0/s1. The highest BCUT2D eigenvalue weighted by Gasteiger charge is 2.51. The summed E-state index contributed by atoms with van der Waals surface area (Å²) in [5, 5.41) is 3.36. The Bertz CT molecular complexity index is 751. The topological polar surface area (TPSA) is 67.4 Å². The number of nitrogens with one attached hydrogen (secondary N) is 1. The molecule has 0 radical (unpaired) electrons. The Balaban J connectivity index is 1.38. The number of ether oxygens (including phenoxy) is 1. The van der Waals surface area contributed by atoms with E-state index < -0.39 is 0 Å². The van der Waals surface area contributed by atoms with Crippen LogP contribution in [0.5, 0.6) is 0 Å². The molecule has 132 valence electrons. The summed E-state index contributed by atoms with van der Waals surface area (Å²) in [5.74, 6) is 0.433. The monoisotopic (exact) mass is 422 g/mol. The molecule has 1 atom stereocenters. The molecule has 8 heteroatoms. The van der Waals surface area contributed by atoms with Crippen LogP contribution in [-0.2, 0) is 11.3 Å². The van der Waals surface area contributed by atoms with E-state index in [0.29, 0.717) is 24.0 Å². The molecule has 2 saturated heterocycles. The molecule has 0 unspecified atom stereocenters. The normalized spacial score (nSPS) is 21.5. The van der Waals surface area contributed by atoms with Gasteiger partial charge in [0.05, 0.1) is 30.6 Å². The zero-order valence-corrected chi connectivity index (χ0v) is 16.1. The summed E-state index contributed by atoms with van der Waals surface area (Å²) in [6, 6.07) is 5.82. The minimum atomic E-state index is 0.0879. The number of pyridine rings is 1. The predicted molar refractivity (Wildman–Crippen MR) is 98.4 cm³/mol. The maximum atomic E-state index is 12.6. The van der Waals surface area contributed by atoms with Crippen molar-refractivity contribution < 1.29 is 9.53 Å². The van der Waals surface area contributed by atoms with Crippen LogP contribution in [0, 0.1) is 11.3 Å². The van der Waals surface area contributed by atoms with Crippen molar-refractivity contribution in [2.24, 2.45) is 11.3 Å². The highest BCUT2D eigenvalue weighted by Crippen LogP contribution is 2.40. The lowest BCUT2D eigenvalue weighted by Gasteiger charge is -2.43. The fraction of sp³-hybridized carbons (Fsp3) is 0.471. The van der Waals surface area contributed by atoms with E-state index in [1.807, 2.05) is 23.1 Å². The van der Waals surface area contributed by atoms with Gasteiger partial charge in [0.1, 0.15) is 9.48 Å². The predicted octanol–water partition coefficient (Wildman–Crippen LogP) is 2.18. The van der Waals surface area contributed by atoms with E-state index in [1.54, 1.807) is 11.7 Å². The van der Waals surface area contributed by atoms with Crippen molar-refractivity contribution in [3.8, 4) is 0 Å². The van der Waals surface area contributed by atoms with Gasteiger partial charge in [-0.25, -0.2) is 4.98 Å². The third-order valence-electron chi connectivity index (χ3n) is 5.04. The minimum Gasteiger partial charge on any atom is -0.375 e.